The van der Waals surface area contributed by atoms with Gasteiger partial charge in [-0.1, -0.05) is 0 Å². The van der Waals surface area contributed by atoms with Crippen LogP contribution in [0.1, 0.15) is 6.92 Å². The Kier molecular flexibility index (Phi) is 4.99. The van der Waals surface area contributed by atoms with Crippen LogP contribution in [0.3, 0.4) is 0 Å². The van der Waals surface area contributed by atoms with Gasteiger partial charge in [0.15, 0.2) is 0 Å². The van der Waals surface area contributed by atoms with Crippen LogP contribution in [0.4, 0.5) is 0 Å². The summed E-state index contributed by atoms with van der Waals surface area (Å²) in [4.78, 5) is 0. The molecule has 0 aromatic heterocycles. The van der Waals surface area contributed by atoms with Crippen LogP contribution in [0.15, 0.2) is 0 Å². The first-order valence-corrected chi connectivity index (χ1v) is 3.27. The van der Waals surface area contributed by atoms with Gasteiger partial charge in [0, 0.05) is 6.04 Å². The monoisotopic (exact) mass is 167 g/mol. The number of ether oxygens (including phenoxy) is 1. The van der Waals surface area contributed by atoms with Crippen molar-refractivity contribution < 1.29 is 9.84 Å². The van der Waals surface area contributed by atoms with Crippen LogP contribution in [0.5, 0.6) is 0 Å². The van der Waals surface area contributed by atoms with Crippen molar-refractivity contribution in [2.75, 3.05) is 19.8 Å². The van der Waals surface area contributed by atoms with Crippen molar-refractivity contribution in [1.82, 2.24) is 5.32 Å². The molecule has 10 heavy (non-hydrogen) atoms. The quantitative estimate of drug-likeness (QED) is 0.568. The first kappa shape index (κ1) is 10.2. The molecule has 4 heteroatoms. The number of rotatable bonds is 1. The largest absolute Gasteiger partial charge is 0.395 e. The zero-order valence-electron chi connectivity index (χ0n) is 6.04. The third-order valence-corrected chi connectivity index (χ3v) is 1.43. The molecule has 0 spiro atoms. The minimum absolute atomic E-state index is 0. The van der Waals surface area contributed by atoms with Gasteiger partial charge in [-0.25, -0.2) is 0 Å². The van der Waals surface area contributed by atoms with Crippen LogP contribution in [0.2, 0.25) is 0 Å². The average molecular weight is 168 g/mol. The number of halogens is 1. The summed E-state index contributed by atoms with van der Waals surface area (Å²) in [6.45, 7) is 3.61. The standard InChI is InChI=1S/C6H13NO2.ClH/c1-5-3-9-4-6(2-8)7-5;/h5-8H,2-4H2,1H3;1H/t5-,6+;/m0./s1. The molecule has 2 N–H and O–H groups in total. The second-order valence-corrected chi connectivity index (χ2v) is 2.48. The minimum atomic E-state index is 0. The van der Waals surface area contributed by atoms with Crippen LogP contribution >= 0.6 is 12.4 Å². The fourth-order valence-corrected chi connectivity index (χ4v) is 0.991. The van der Waals surface area contributed by atoms with Gasteiger partial charge in [0.25, 0.3) is 0 Å². The second-order valence-electron chi connectivity index (χ2n) is 2.48. The van der Waals surface area contributed by atoms with Crippen LogP contribution in [-0.2, 0) is 4.74 Å². The van der Waals surface area contributed by atoms with E-state index in [9.17, 15) is 0 Å². The molecule has 0 bridgehead atoms. The molecule has 0 radical (unpaired) electrons. The predicted octanol–water partition coefficient (Wildman–Crippen LogP) is -0.223. The Balaban J connectivity index is 0.000000810. The number of hydrogen-bond donors (Lipinski definition) is 2. The van der Waals surface area contributed by atoms with E-state index in [1.54, 1.807) is 0 Å². The summed E-state index contributed by atoms with van der Waals surface area (Å²) in [6.07, 6.45) is 0. The van der Waals surface area contributed by atoms with Gasteiger partial charge in [0.05, 0.1) is 25.9 Å². The maximum Gasteiger partial charge on any atom is 0.0642 e. The highest BCUT2D eigenvalue weighted by Crippen LogP contribution is 1.96. The van der Waals surface area contributed by atoms with E-state index >= 15 is 0 Å². The molecule has 62 valence electrons. The molecule has 1 rings (SSSR count). The lowest BCUT2D eigenvalue weighted by Crippen LogP contribution is -2.49. The van der Waals surface area contributed by atoms with Gasteiger partial charge in [-0.3, -0.25) is 0 Å². The summed E-state index contributed by atoms with van der Waals surface area (Å²) in [5.74, 6) is 0. The normalized spacial score (nSPS) is 33.0. The van der Waals surface area contributed by atoms with Gasteiger partial charge < -0.3 is 15.2 Å². The zero-order chi connectivity index (χ0) is 6.69. The number of aliphatic hydroxyl groups is 1. The van der Waals surface area contributed by atoms with Crippen LogP contribution in [-0.4, -0.2) is 37.0 Å². The molecular weight excluding hydrogens is 154 g/mol. The topological polar surface area (TPSA) is 41.5 Å². The third kappa shape index (κ3) is 2.84. The van der Waals surface area contributed by atoms with Crippen LogP contribution in [0, 0.1) is 0 Å². The Morgan fingerprint density at radius 2 is 2.30 bits per heavy atom. The fraction of sp³-hybridized carbons (Fsp3) is 1.00. The molecule has 1 aliphatic rings. The highest BCUT2D eigenvalue weighted by atomic mass is 35.5. The molecule has 2 atom stereocenters. The summed E-state index contributed by atoms with van der Waals surface area (Å²) in [7, 11) is 0. The molecule has 1 aliphatic heterocycles. The smallest absolute Gasteiger partial charge is 0.0642 e. The second kappa shape index (κ2) is 4.91. The lowest BCUT2D eigenvalue weighted by molar-refractivity contribution is 0.0316. The summed E-state index contributed by atoms with van der Waals surface area (Å²) >= 11 is 0. The maximum atomic E-state index is 8.67. The Bertz CT molecular complexity index is 91.8. The van der Waals surface area contributed by atoms with E-state index in [1.165, 1.54) is 0 Å². The maximum absolute atomic E-state index is 8.67. The first-order chi connectivity index (χ1) is 4.33. The number of nitrogens with one attached hydrogen (secondary N) is 1. The highest BCUT2D eigenvalue weighted by Gasteiger charge is 2.16. The SMILES string of the molecule is C[C@H]1COC[C@@H](CO)N1.Cl. The zero-order valence-corrected chi connectivity index (χ0v) is 6.86. The van der Waals surface area contributed by atoms with Gasteiger partial charge in [-0.05, 0) is 6.92 Å². The lowest BCUT2D eigenvalue weighted by atomic mass is 10.2. The molecule has 3 nitrogen and oxygen atoms in total. The Labute approximate surface area is 67.2 Å². The van der Waals surface area contributed by atoms with Gasteiger partial charge in [0.2, 0.25) is 0 Å². The van der Waals surface area contributed by atoms with Crippen molar-refractivity contribution in [2.45, 2.75) is 19.0 Å². The summed E-state index contributed by atoms with van der Waals surface area (Å²) in [5.41, 5.74) is 0. The Hall–Kier alpha value is 0.170. The van der Waals surface area contributed by atoms with Crippen molar-refractivity contribution in [2.24, 2.45) is 0 Å². The van der Waals surface area contributed by atoms with Crippen molar-refractivity contribution in [3.63, 3.8) is 0 Å². The van der Waals surface area contributed by atoms with Crippen molar-refractivity contribution in [3.8, 4) is 0 Å². The molecule has 0 aromatic carbocycles. The number of morpholine rings is 1. The fourth-order valence-electron chi connectivity index (χ4n) is 0.991. The molecule has 0 aliphatic carbocycles. The van der Waals surface area contributed by atoms with E-state index in [0.717, 1.165) is 6.61 Å². The predicted molar refractivity (Wildman–Crippen MR) is 41.5 cm³/mol. The number of aliphatic hydroxyl groups excluding tert-OH is 1. The average Bonchev–Trinajstić information content (AvgIpc) is 1.88. The van der Waals surface area contributed by atoms with Crippen molar-refractivity contribution >= 4 is 12.4 Å². The van der Waals surface area contributed by atoms with Gasteiger partial charge in [-0.2, -0.15) is 0 Å². The van der Waals surface area contributed by atoms with Crippen molar-refractivity contribution in [1.29, 1.82) is 0 Å². The van der Waals surface area contributed by atoms with E-state index < -0.39 is 0 Å². The molecule has 0 aromatic rings. The van der Waals surface area contributed by atoms with Crippen molar-refractivity contribution in [3.05, 3.63) is 0 Å². The summed E-state index contributed by atoms with van der Waals surface area (Å²) < 4.78 is 5.16. The van der Waals surface area contributed by atoms with Gasteiger partial charge in [-0.15, -0.1) is 12.4 Å². The first-order valence-electron chi connectivity index (χ1n) is 3.27. The molecule has 1 heterocycles. The Morgan fingerprint density at radius 1 is 1.60 bits per heavy atom. The van der Waals surface area contributed by atoms with E-state index in [2.05, 4.69) is 5.32 Å². The summed E-state index contributed by atoms with van der Waals surface area (Å²) in [6, 6.07) is 0.532. The third-order valence-electron chi connectivity index (χ3n) is 1.43. The van der Waals surface area contributed by atoms with E-state index in [0.29, 0.717) is 12.6 Å². The number of hydrogen-bond acceptors (Lipinski definition) is 3. The lowest BCUT2D eigenvalue weighted by Gasteiger charge is -2.27. The van der Waals surface area contributed by atoms with E-state index in [-0.39, 0.29) is 25.1 Å². The van der Waals surface area contributed by atoms with E-state index in [1.807, 2.05) is 6.92 Å². The molecular formula is C6H14ClNO2. The van der Waals surface area contributed by atoms with Crippen LogP contribution in [0.25, 0.3) is 0 Å². The minimum Gasteiger partial charge on any atom is -0.395 e. The van der Waals surface area contributed by atoms with Gasteiger partial charge in [0.1, 0.15) is 0 Å². The summed E-state index contributed by atoms with van der Waals surface area (Å²) in [5, 5.41) is 11.9. The van der Waals surface area contributed by atoms with Crippen LogP contribution < -0.4 is 5.32 Å². The molecule has 0 saturated carbocycles. The molecule has 0 amide bonds. The Morgan fingerprint density at radius 3 is 2.70 bits per heavy atom. The molecule has 0 unspecified atom stereocenters. The van der Waals surface area contributed by atoms with Gasteiger partial charge >= 0.3 is 0 Å². The van der Waals surface area contributed by atoms with E-state index in [4.69, 9.17) is 9.84 Å². The highest BCUT2D eigenvalue weighted by molar-refractivity contribution is 5.85. The molecule has 1 saturated heterocycles. The molecule has 1 fully saturated rings.